The highest BCUT2D eigenvalue weighted by Gasteiger charge is 2.14. The van der Waals surface area contributed by atoms with Gasteiger partial charge in [0.25, 0.3) is 0 Å². The van der Waals surface area contributed by atoms with E-state index < -0.39 is 0 Å². The number of hydrogen-bond donors (Lipinski definition) is 0. The van der Waals surface area contributed by atoms with Crippen molar-refractivity contribution in [2.45, 2.75) is 11.8 Å². The van der Waals surface area contributed by atoms with Crippen LogP contribution in [0.2, 0.25) is 5.15 Å². The zero-order chi connectivity index (χ0) is 17.8. The molecule has 0 aliphatic heterocycles. The van der Waals surface area contributed by atoms with Crippen molar-refractivity contribution in [2.75, 3.05) is 5.75 Å². The summed E-state index contributed by atoms with van der Waals surface area (Å²) in [5.74, 6) is 0.687. The Labute approximate surface area is 155 Å². The van der Waals surface area contributed by atoms with Gasteiger partial charge in [-0.25, -0.2) is 9.37 Å². The molecule has 3 rings (SSSR count). The van der Waals surface area contributed by atoms with Gasteiger partial charge >= 0.3 is 0 Å². The third-order valence-electron chi connectivity index (χ3n) is 3.69. The number of hydrogen-bond acceptors (Lipinski definition) is 3. The smallest absolute Gasteiger partial charge is 0.147 e. The molecule has 0 bridgehead atoms. The predicted octanol–water partition coefficient (Wildman–Crippen LogP) is 6.19. The van der Waals surface area contributed by atoms with Crippen LogP contribution in [0.4, 0.5) is 4.39 Å². The number of pyridine rings is 1. The first-order chi connectivity index (χ1) is 12.1. The lowest BCUT2D eigenvalue weighted by Gasteiger charge is -2.12. The van der Waals surface area contributed by atoms with E-state index in [1.54, 1.807) is 30.0 Å². The lowest BCUT2D eigenvalue weighted by atomic mass is 9.98. The molecule has 0 saturated carbocycles. The Hall–Kier alpha value is -2.35. The van der Waals surface area contributed by atoms with E-state index in [1.165, 1.54) is 17.0 Å². The average molecular weight is 369 g/mol. The molecule has 0 saturated heterocycles. The van der Waals surface area contributed by atoms with Crippen molar-refractivity contribution in [3.8, 4) is 28.5 Å². The Morgan fingerprint density at radius 3 is 2.32 bits per heavy atom. The summed E-state index contributed by atoms with van der Waals surface area (Å²) in [6.07, 6.45) is 0. The van der Waals surface area contributed by atoms with E-state index in [2.05, 4.69) is 18.0 Å². The van der Waals surface area contributed by atoms with Crippen LogP contribution in [-0.4, -0.2) is 10.7 Å². The molecule has 0 fully saturated rings. The van der Waals surface area contributed by atoms with Gasteiger partial charge in [-0.05, 0) is 53.8 Å². The van der Waals surface area contributed by atoms with Crippen LogP contribution in [0.15, 0.2) is 59.5 Å². The Kier molecular flexibility index (Phi) is 5.37. The SMILES string of the molecule is CCSc1ccc(-c2cc(C#N)c(Cl)nc2-c2ccc(F)cc2)cc1. The van der Waals surface area contributed by atoms with Crippen LogP contribution in [0, 0.1) is 17.1 Å². The van der Waals surface area contributed by atoms with E-state index in [-0.39, 0.29) is 11.0 Å². The monoisotopic (exact) mass is 368 g/mol. The molecule has 2 aromatic carbocycles. The summed E-state index contributed by atoms with van der Waals surface area (Å²) in [5.41, 5.74) is 3.41. The van der Waals surface area contributed by atoms with E-state index in [0.29, 0.717) is 11.3 Å². The van der Waals surface area contributed by atoms with Gasteiger partial charge in [0, 0.05) is 16.0 Å². The van der Waals surface area contributed by atoms with Crippen LogP contribution in [0.1, 0.15) is 12.5 Å². The van der Waals surface area contributed by atoms with Gasteiger partial charge in [-0.15, -0.1) is 11.8 Å². The summed E-state index contributed by atoms with van der Waals surface area (Å²) in [5, 5.41) is 9.42. The molecule has 2 nitrogen and oxygen atoms in total. The van der Waals surface area contributed by atoms with Crippen molar-refractivity contribution < 1.29 is 4.39 Å². The highest BCUT2D eigenvalue weighted by atomic mass is 35.5. The summed E-state index contributed by atoms with van der Waals surface area (Å²) in [7, 11) is 0. The number of thioether (sulfide) groups is 1. The molecule has 124 valence electrons. The van der Waals surface area contributed by atoms with Gasteiger partial charge in [0.1, 0.15) is 17.0 Å². The Balaban J connectivity index is 2.16. The Bertz CT molecular complexity index is 932. The molecule has 1 aromatic heterocycles. The minimum atomic E-state index is -0.314. The van der Waals surface area contributed by atoms with Crippen LogP contribution < -0.4 is 0 Å². The van der Waals surface area contributed by atoms with E-state index in [4.69, 9.17) is 11.6 Å². The van der Waals surface area contributed by atoms with E-state index >= 15 is 0 Å². The van der Waals surface area contributed by atoms with Gasteiger partial charge in [-0.2, -0.15) is 5.26 Å². The summed E-state index contributed by atoms with van der Waals surface area (Å²) >= 11 is 7.89. The second kappa shape index (κ2) is 7.69. The number of rotatable bonds is 4. The van der Waals surface area contributed by atoms with Gasteiger partial charge in [-0.1, -0.05) is 30.7 Å². The molecule has 3 aromatic rings. The number of nitrogens with zero attached hydrogens (tertiary/aromatic N) is 2. The van der Waals surface area contributed by atoms with E-state index in [1.807, 2.05) is 24.3 Å². The van der Waals surface area contributed by atoms with Gasteiger partial charge in [0.15, 0.2) is 0 Å². The van der Waals surface area contributed by atoms with Crippen LogP contribution in [0.5, 0.6) is 0 Å². The normalized spacial score (nSPS) is 10.5. The van der Waals surface area contributed by atoms with Gasteiger partial charge < -0.3 is 0 Å². The molecule has 0 atom stereocenters. The van der Waals surface area contributed by atoms with Crippen LogP contribution in [0.25, 0.3) is 22.4 Å². The van der Waals surface area contributed by atoms with E-state index in [9.17, 15) is 9.65 Å². The molecular weight excluding hydrogens is 355 g/mol. The first-order valence-electron chi connectivity index (χ1n) is 7.72. The third kappa shape index (κ3) is 3.84. The molecule has 25 heavy (non-hydrogen) atoms. The third-order valence-corrected chi connectivity index (χ3v) is 4.87. The van der Waals surface area contributed by atoms with Crippen LogP contribution in [-0.2, 0) is 0 Å². The van der Waals surface area contributed by atoms with Crippen molar-refractivity contribution in [2.24, 2.45) is 0 Å². The van der Waals surface area contributed by atoms with Gasteiger partial charge in [0.2, 0.25) is 0 Å². The minimum Gasteiger partial charge on any atom is -0.234 e. The Morgan fingerprint density at radius 2 is 1.72 bits per heavy atom. The molecule has 0 unspecified atom stereocenters. The van der Waals surface area contributed by atoms with Crippen molar-refractivity contribution in [1.82, 2.24) is 4.98 Å². The maximum absolute atomic E-state index is 13.2. The predicted molar refractivity (Wildman–Crippen MR) is 101 cm³/mol. The second-order valence-corrected chi connectivity index (χ2v) is 6.99. The zero-order valence-electron chi connectivity index (χ0n) is 13.5. The van der Waals surface area contributed by atoms with E-state index in [0.717, 1.165) is 22.4 Å². The largest absolute Gasteiger partial charge is 0.234 e. The second-order valence-electron chi connectivity index (χ2n) is 5.30. The van der Waals surface area contributed by atoms with Crippen molar-refractivity contribution in [1.29, 1.82) is 5.26 Å². The van der Waals surface area contributed by atoms with Crippen molar-refractivity contribution in [3.63, 3.8) is 0 Å². The maximum atomic E-state index is 13.2. The highest BCUT2D eigenvalue weighted by Crippen LogP contribution is 2.34. The standard InChI is InChI=1S/C20H14ClFN2S/c1-2-25-17-9-5-13(6-10-17)18-11-15(12-23)20(21)24-19(18)14-3-7-16(22)8-4-14/h3-11H,2H2,1H3. The van der Waals surface area contributed by atoms with Crippen molar-refractivity contribution in [3.05, 3.63) is 71.1 Å². The maximum Gasteiger partial charge on any atom is 0.147 e. The molecule has 0 radical (unpaired) electrons. The summed E-state index contributed by atoms with van der Waals surface area (Å²) < 4.78 is 13.2. The molecule has 5 heteroatoms. The molecule has 0 aliphatic carbocycles. The zero-order valence-corrected chi connectivity index (χ0v) is 15.0. The fraction of sp³-hybridized carbons (Fsp3) is 0.100. The summed E-state index contributed by atoms with van der Waals surface area (Å²) in [6, 6.07) is 18.0. The topological polar surface area (TPSA) is 36.7 Å². The molecule has 0 spiro atoms. The lowest BCUT2D eigenvalue weighted by Crippen LogP contribution is -1.94. The number of nitriles is 1. The molecular formula is C20H14ClFN2S. The minimum absolute atomic E-state index is 0.142. The molecule has 0 aliphatic rings. The number of aromatic nitrogens is 1. The van der Waals surface area contributed by atoms with Gasteiger partial charge in [0.05, 0.1) is 11.3 Å². The van der Waals surface area contributed by atoms with Crippen molar-refractivity contribution >= 4 is 23.4 Å². The fourth-order valence-electron chi connectivity index (χ4n) is 2.51. The molecule has 1 heterocycles. The highest BCUT2D eigenvalue weighted by molar-refractivity contribution is 7.99. The first-order valence-corrected chi connectivity index (χ1v) is 9.08. The first kappa shape index (κ1) is 17.5. The number of benzene rings is 2. The van der Waals surface area contributed by atoms with Gasteiger partial charge in [-0.3, -0.25) is 0 Å². The molecule has 0 amide bonds. The number of halogens is 2. The average Bonchev–Trinajstić information content (AvgIpc) is 2.63. The summed E-state index contributed by atoms with van der Waals surface area (Å²) in [6.45, 7) is 2.10. The van der Waals surface area contributed by atoms with Crippen LogP contribution >= 0.6 is 23.4 Å². The quantitative estimate of drug-likeness (QED) is 0.407. The molecule has 0 N–H and O–H groups in total. The summed E-state index contributed by atoms with van der Waals surface area (Å²) in [4.78, 5) is 5.57. The fourth-order valence-corrected chi connectivity index (χ4v) is 3.36. The lowest BCUT2D eigenvalue weighted by molar-refractivity contribution is 0.628. The Morgan fingerprint density at radius 1 is 1.08 bits per heavy atom. The van der Waals surface area contributed by atoms with Crippen LogP contribution in [0.3, 0.4) is 0 Å².